The van der Waals surface area contributed by atoms with Crippen molar-refractivity contribution in [2.45, 2.75) is 26.3 Å². The summed E-state index contributed by atoms with van der Waals surface area (Å²) in [5, 5.41) is 3.95. The predicted octanol–water partition coefficient (Wildman–Crippen LogP) is 2.81. The maximum atomic E-state index is 12.7. The van der Waals surface area contributed by atoms with E-state index in [9.17, 15) is 9.59 Å². The summed E-state index contributed by atoms with van der Waals surface area (Å²) in [6.45, 7) is 3.01. The molecular formula is C22H25N5O3. The van der Waals surface area contributed by atoms with Gasteiger partial charge in [-0.1, -0.05) is 17.3 Å². The first-order valence-corrected chi connectivity index (χ1v) is 9.79. The molecule has 2 heterocycles. The van der Waals surface area contributed by atoms with Gasteiger partial charge in [-0.3, -0.25) is 14.6 Å². The van der Waals surface area contributed by atoms with E-state index in [0.29, 0.717) is 36.8 Å². The second-order valence-corrected chi connectivity index (χ2v) is 7.06. The zero-order valence-corrected chi connectivity index (χ0v) is 17.4. The van der Waals surface area contributed by atoms with Crippen molar-refractivity contribution in [3.63, 3.8) is 0 Å². The average molecular weight is 407 g/mol. The van der Waals surface area contributed by atoms with Gasteiger partial charge in [-0.05, 0) is 36.8 Å². The molecule has 8 heteroatoms. The van der Waals surface area contributed by atoms with Crippen LogP contribution in [0.15, 0.2) is 53.3 Å². The summed E-state index contributed by atoms with van der Waals surface area (Å²) in [4.78, 5) is 36.3. The summed E-state index contributed by atoms with van der Waals surface area (Å²) in [7, 11) is 3.44. The highest BCUT2D eigenvalue weighted by Crippen LogP contribution is 2.15. The van der Waals surface area contributed by atoms with E-state index in [2.05, 4.69) is 15.1 Å². The molecule has 0 N–H and O–H groups in total. The van der Waals surface area contributed by atoms with Crippen molar-refractivity contribution in [1.29, 1.82) is 0 Å². The number of pyridine rings is 1. The monoisotopic (exact) mass is 407 g/mol. The Bertz CT molecular complexity index is 984. The van der Waals surface area contributed by atoms with E-state index < -0.39 is 0 Å². The minimum atomic E-state index is -0.0461. The minimum absolute atomic E-state index is 0.00655. The zero-order chi connectivity index (χ0) is 21.5. The van der Waals surface area contributed by atoms with Gasteiger partial charge in [0.05, 0.1) is 0 Å². The van der Waals surface area contributed by atoms with Gasteiger partial charge in [0, 0.05) is 63.5 Å². The summed E-state index contributed by atoms with van der Waals surface area (Å²) in [5.74, 6) is 0.845. The van der Waals surface area contributed by atoms with E-state index in [-0.39, 0.29) is 18.2 Å². The topological polar surface area (TPSA) is 92.4 Å². The van der Waals surface area contributed by atoms with Gasteiger partial charge >= 0.3 is 0 Å². The molecule has 30 heavy (non-hydrogen) atoms. The highest BCUT2D eigenvalue weighted by atomic mass is 16.5. The van der Waals surface area contributed by atoms with E-state index in [0.717, 1.165) is 11.1 Å². The third-order valence-electron chi connectivity index (χ3n) is 4.66. The van der Waals surface area contributed by atoms with Crippen LogP contribution in [0.25, 0.3) is 11.4 Å². The Morgan fingerprint density at radius 3 is 2.50 bits per heavy atom. The smallest absolute Gasteiger partial charge is 0.253 e. The molecule has 0 bridgehead atoms. The highest BCUT2D eigenvalue weighted by molar-refractivity contribution is 5.93. The molecule has 0 unspecified atom stereocenters. The minimum Gasteiger partial charge on any atom is -0.345 e. The molecule has 8 nitrogen and oxygen atoms in total. The summed E-state index contributed by atoms with van der Waals surface area (Å²) in [6, 6.07) is 11.0. The van der Waals surface area contributed by atoms with Crippen LogP contribution >= 0.6 is 0 Å². The quantitative estimate of drug-likeness (QED) is 0.570. The molecule has 0 radical (unpaired) electrons. The summed E-state index contributed by atoms with van der Waals surface area (Å²) in [5.41, 5.74) is 2.36. The fourth-order valence-electron chi connectivity index (χ4n) is 2.95. The Morgan fingerprint density at radius 2 is 1.87 bits per heavy atom. The van der Waals surface area contributed by atoms with Crippen molar-refractivity contribution in [2.24, 2.45) is 0 Å². The molecule has 0 saturated heterocycles. The SMILES string of the molecule is CCN(Cc1ccc(C(=O)N(C)C)cc1)C(=O)CCc1nc(-c2cccnc2)no1. The largest absolute Gasteiger partial charge is 0.345 e. The van der Waals surface area contributed by atoms with Crippen molar-refractivity contribution in [2.75, 3.05) is 20.6 Å². The van der Waals surface area contributed by atoms with E-state index >= 15 is 0 Å². The molecule has 0 atom stereocenters. The molecular weight excluding hydrogens is 382 g/mol. The molecule has 3 aromatic rings. The molecule has 0 fully saturated rings. The Hall–Kier alpha value is -3.55. The van der Waals surface area contributed by atoms with Gasteiger partial charge in [-0.25, -0.2) is 0 Å². The van der Waals surface area contributed by atoms with Crippen molar-refractivity contribution in [3.05, 3.63) is 65.8 Å². The molecule has 2 aromatic heterocycles. The van der Waals surface area contributed by atoms with Crippen LogP contribution in [-0.4, -0.2) is 57.4 Å². The first-order valence-electron chi connectivity index (χ1n) is 9.79. The molecule has 3 rings (SSSR count). The van der Waals surface area contributed by atoms with Gasteiger partial charge in [0.2, 0.25) is 17.6 Å². The first kappa shape index (κ1) is 21.2. The maximum Gasteiger partial charge on any atom is 0.253 e. The molecule has 1 aromatic carbocycles. The first-order chi connectivity index (χ1) is 14.5. The molecule has 0 aliphatic rings. The highest BCUT2D eigenvalue weighted by Gasteiger charge is 2.16. The van der Waals surface area contributed by atoms with Crippen LogP contribution in [0.5, 0.6) is 0 Å². The zero-order valence-electron chi connectivity index (χ0n) is 17.4. The van der Waals surface area contributed by atoms with Gasteiger partial charge in [-0.2, -0.15) is 4.98 Å². The van der Waals surface area contributed by atoms with Crippen LogP contribution in [-0.2, 0) is 17.8 Å². The van der Waals surface area contributed by atoms with Gasteiger partial charge in [0.25, 0.3) is 5.91 Å². The Labute approximate surface area is 175 Å². The van der Waals surface area contributed by atoms with Crippen LogP contribution in [0.4, 0.5) is 0 Å². The van der Waals surface area contributed by atoms with E-state index in [1.54, 1.807) is 49.6 Å². The lowest BCUT2D eigenvalue weighted by Crippen LogP contribution is -2.30. The van der Waals surface area contributed by atoms with Crippen LogP contribution < -0.4 is 0 Å². The van der Waals surface area contributed by atoms with Gasteiger partial charge in [0.15, 0.2) is 0 Å². The third-order valence-corrected chi connectivity index (χ3v) is 4.66. The van der Waals surface area contributed by atoms with E-state index in [1.165, 1.54) is 4.90 Å². The molecule has 0 spiro atoms. The van der Waals surface area contributed by atoms with Crippen molar-refractivity contribution < 1.29 is 14.1 Å². The molecule has 0 aliphatic heterocycles. The summed E-state index contributed by atoms with van der Waals surface area (Å²) < 4.78 is 5.26. The number of aryl methyl sites for hydroxylation is 1. The predicted molar refractivity (Wildman–Crippen MR) is 111 cm³/mol. The van der Waals surface area contributed by atoms with E-state index in [4.69, 9.17) is 4.52 Å². The number of hydrogen-bond acceptors (Lipinski definition) is 6. The summed E-state index contributed by atoms with van der Waals surface area (Å²) in [6.07, 6.45) is 3.99. The molecule has 0 saturated carbocycles. The van der Waals surface area contributed by atoms with Crippen LogP contribution in [0.2, 0.25) is 0 Å². The number of amides is 2. The maximum absolute atomic E-state index is 12.7. The number of carbonyl (C=O) groups is 2. The summed E-state index contributed by atoms with van der Waals surface area (Å²) >= 11 is 0. The van der Waals surface area contributed by atoms with Gasteiger partial charge < -0.3 is 14.3 Å². The number of benzene rings is 1. The number of carbonyl (C=O) groups excluding carboxylic acids is 2. The fraction of sp³-hybridized carbons (Fsp3) is 0.318. The Kier molecular flexibility index (Phi) is 6.90. The fourth-order valence-corrected chi connectivity index (χ4v) is 2.95. The lowest BCUT2D eigenvalue weighted by atomic mass is 10.1. The number of hydrogen-bond donors (Lipinski definition) is 0. The number of nitrogens with zero attached hydrogens (tertiary/aromatic N) is 5. The second kappa shape index (κ2) is 9.78. The van der Waals surface area contributed by atoms with Crippen LogP contribution in [0, 0.1) is 0 Å². The van der Waals surface area contributed by atoms with Crippen molar-refractivity contribution in [3.8, 4) is 11.4 Å². The standard InChI is InChI=1S/C22H25N5O3/c1-4-27(15-16-7-9-17(10-8-16)22(29)26(2)3)20(28)12-11-19-24-21(25-30-19)18-6-5-13-23-14-18/h5-10,13-14H,4,11-12,15H2,1-3H3. The Morgan fingerprint density at radius 1 is 1.10 bits per heavy atom. The number of aromatic nitrogens is 3. The molecule has 156 valence electrons. The van der Waals surface area contributed by atoms with E-state index in [1.807, 2.05) is 25.1 Å². The van der Waals surface area contributed by atoms with Crippen molar-refractivity contribution >= 4 is 11.8 Å². The average Bonchev–Trinajstić information content (AvgIpc) is 3.25. The Balaban J connectivity index is 1.56. The number of rotatable bonds is 8. The third kappa shape index (κ3) is 5.28. The lowest BCUT2D eigenvalue weighted by molar-refractivity contribution is -0.131. The normalized spacial score (nSPS) is 10.6. The van der Waals surface area contributed by atoms with Gasteiger partial charge in [0.1, 0.15) is 0 Å². The molecule has 0 aliphatic carbocycles. The lowest BCUT2D eigenvalue weighted by Gasteiger charge is -2.21. The molecule has 2 amide bonds. The van der Waals surface area contributed by atoms with Crippen molar-refractivity contribution in [1.82, 2.24) is 24.9 Å². The second-order valence-electron chi connectivity index (χ2n) is 7.06. The van der Waals surface area contributed by atoms with Crippen LogP contribution in [0.1, 0.15) is 35.2 Å². The van der Waals surface area contributed by atoms with Gasteiger partial charge in [-0.15, -0.1) is 0 Å². The van der Waals surface area contributed by atoms with Crippen LogP contribution in [0.3, 0.4) is 0 Å².